The topological polar surface area (TPSA) is 28.6 Å². The van der Waals surface area contributed by atoms with Crippen LogP contribution in [-0.2, 0) is 6.54 Å². The van der Waals surface area contributed by atoms with Gasteiger partial charge in [0.25, 0.3) is 0 Å². The predicted molar refractivity (Wildman–Crippen MR) is 113 cm³/mol. The summed E-state index contributed by atoms with van der Waals surface area (Å²) >= 11 is 1.74. The first-order chi connectivity index (χ1) is 13.2. The molecule has 4 nitrogen and oxygen atoms in total. The minimum atomic E-state index is 0.919. The lowest BCUT2D eigenvalue weighted by Crippen LogP contribution is -2.46. The molecule has 0 bridgehead atoms. The lowest BCUT2D eigenvalue weighted by Gasteiger charge is -2.36. The molecule has 140 valence electrons. The number of methoxy groups -OCH3 is 1. The Labute approximate surface area is 165 Å². The van der Waals surface area contributed by atoms with Gasteiger partial charge in [-0.1, -0.05) is 36.4 Å². The molecule has 0 N–H and O–H groups in total. The Morgan fingerprint density at radius 3 is 2.52 bits per heavy atom. The van der Waals surface area contributed by atoms with Crippen molar-refractivity contribution in [3.8, 4) is 16.3 Å². The number of rotatable bonds is 5. The summed E-state index contributed by atoms with van der Waals surface area (Å²) in [6, 6.07) is 16.7. The zero-order valence-corrected chi connectivity index (χ0v) is 16.7. The molecule has 5 heteroatoms. The zero-order chi connectivity index (χ0) is 18.6. The monoisotopic (exact) mass is 379 g/mol. The fourth-order valence-electron chi connectivity index (χ4n) is 3.58. The Morgan fingerprint density at radius 2 is 1.74 bits per heavy atom. The number of nitrogens with zero attached hydrogens (tertiary/aromatic N) is 3. The van der Waals surface area contributed by atoms with E-state index < -0.39 is 0 Å². The lowest BCUT2D eigenvalue weighted by atomic mass is 10.1. The average Bonchev–Trinajstić information content (AvgIpc) is 3.17. The molecule has 0 spiro atoms. The Bertz CT molecular complexity index is 900. The Balaban J connectivity index is 1.38. The van der Waals surface area contributed by atoms with Crippen LogP contribution in [0.4, 0.5) is 5.69 Å². The molecule has 2 aromatic carbocycles. The lowest BCUT2D eigenvalue weighted by molar-refractivity contribution is 0.247. The van der Waals surface area contributed by atoms with Gasteiger partial charge in [0, 0.05) is 43.7 Å². The first-order valence-electron chi connectivity index (χ1n) is 9.35. The van der Waals surface area contributed by atoms with E-state index in [2.05, 4.69) is 58.5 Å². The summed E-state index contributed by atoms with van der Waals surface area (Å²) < 4.78 is 5.51. The fourth-order valence-corrected chi connectivity index (χ4v) is 4.48. The zero-order valence-electron chi connectivity index (χ0n) is 15.9. The van der Waals surface area contributed by atoms with E-state index in [1.165, 1.54) is 22.5 Å². The largest absolute Gasteiger partial charge is 0.495 e. The van der Waals surface area contributed by atoms with Crippen LogP contribution in [0.2, 0.25) is 0 Å². The van der Waals surface area contributed by atoms with E-state index >= 15 is 0 Å². The fraction of sp³-hybridized carbons (Fsp3) is 0.318. The summed E-state index contributed by atoms with van der Waals surface area (Å²) in [6.45, 7) is 7.16. The van der Waals surface area contributed by atoms with Gasteiger partial charge >= 0.3 is 0 Å². The quantitative estimate of drug-likeness (QED) is 0.655. The molecule has 0 aliphatic carbocycles. The van der Waals surface area contributed by atoms with Crippen molar-refractivity contribution in [3.63, 3.8) is 0 Å². The van der Waals surface area contributed by atoms with Crippen molar-refractivity contribution in [3.05, 3.63) is 65.2 Å². The molecule has 3 aromatic rings. The summed E-state index contributed by atoms with van der Waals surface area (Å²) in [5.41, 5.74) is 4.89. The average molecular weight is 380 g/mol. The van der Waals surface area contributed by atoms with Crippen LogP contribution in [-0.4, -0.2) is 43.2 Å². The highest BCUT2D eigenvalue weighted by atomic mass is 32.1. The number of hydrogen-bond donors (Lipinski definition) is 0. The van der Waals surface area contributed by atoms with Crippen LogP contribution >= 0.6 is 11.3 Å². The van der Waals surface area contributed by atoms with Crippen molar-refractivity contribution in [1.29, 1.82) is 0 Å². The number of thiazole rings is 1. The molecule has 1 aliphatic rings. The highest BCUT2D eigenvalue weighted by molar-refractivity contribution is 7.13. The standard InChI is InChI=1S/C22H25N3OS/c1-17-7-3-4-8-19(17)22-23-18(16-27-22)15-24-11-13-25(14-12-24)20-9-5-6-10-21(20)26-2/h3-10,16H,11-15H2,1-2H3. The SMILES string of the molecule is COc1ccccc1N1CCN(Cc2csc(-c3ccccc3C)n2)CC1. The number of para-hydroxylation sites is 2. The van der Waals surface area contributed by atoms with Crippen LogP contribution in [0.1, 0.15) is 11.3 Å². The van der Waals surface area contributed by atoms with Gasteiger partial charge in [-0.15, -0.1) is 11.3 Å². The van der Waals surface area contributed by atoms with Crippen molar-refractivity contribution in [2.45, 2.75) is 13.5 Å². The van der Waals surface area contributed by atoms with Gasteiger partial charge in [0.2, 0.25) is 0 Å². The maximum Gasteiger partial charge on any atom is 0.142 e. The normalized spacial score (nSPS) is 15.1. The Morgan fingerprint density at radius 1 is 1.00 bits per heavy atom. The summed E-state index contributed by atoms with van der Waals surface area (Å²) in [5.74, 6) is 0.952. The number of benzene rings is 2. The van der Waals surface area contributed by atoms with E-state index in [-0.39, 0.29) is 0 Å². The van der Waals surface area contributed by atoms with Crippen LogP contribution in [0.25, 0.3) is 10.6 Å². The van der Waals surface area contributed by atoms with Crippen molar-refractivity contribution in [2.75, 3.05) is 38.2 Å². The number of anilines is 1. The van der Waals surface area contributed by atoms with Gasteiger partial charge in [-0.2, -0.15) is 0 Å². The molecule has 4 rings (SSSR count). The molecule has 0 atom stereocenters. The highest BCUT2D eigenvalue weighted by Crippen LogP contribution is 2.29. The van der Waals surface area contributed by atoms with E-state index in [1.54, 1.807) is 18.4 Å². The molecule has 1 aromatic heterocycles. The summed E-state index contributed by atoms with van der Waals surface area (Å²) in [5, 5.41) is 3.32. The number of piperazine rings is 1. The number of hydrogen-bond acceptors (Lipinski definition) is 5. The predicted octanol–water partition coefficient (Wildman–Crippen LogP) is 4.45. The third kappa shape index (κ3) is 3.99. The second-order valence-electron chi connectivity index (χ2n) is 6.89. The van der Waals surface area contributed by atoms with Crippen molar-refractivity contribution in [2.24, 2.45) is 0 Å². The van der Waals surface area contributed by atoms with Gasteiger partial charge in [-0.3, -0.25) is 4.90 Å². The van der Waals surface area contributed by atoms with Crippen molar-refractivity contribution in [1.82, 2.24) is 9.88 Å². The van der Waals surface area contributed by atoms with Crippen LogP contribution in [0.3, 0.4) is 0 Å². The molecule has 27 heavy (non-hydrogen) atoms. The molecule has 0 saturated carbocycles. The van der Waals surface area contributed by atoms with Crippen molar-refractivity contribution >= 4 is 17.0 Å². The van der Waals surface area contributed by atoms with Crippen LogP contribution < -0.4 is 9.64 Å². The van der Waals surface area contributed by atoms with E-state index in [0.717, 1.165) is 43.5 Å². The Hall–Kier alpha value is -2.37. The molecule has 0 unspecified atom stereocenters. The van der Waals surface area contributed by atoms with Crippen LogP contribution in [0.5, 0.6) is 5.75 Å². The molecule has 1 fully saturated rings. The molecule has 0 radical (unpaired) electrons. The molecular weight excluding hydrogens is 354 g/mol. The number of ether oxygens (including phenoxy) is 1. The maximum atomic E-state index is 5.51. The minimum Gasteiger partial charge on any atom is -0.495 e. The van der Waals surface area contributed by atoms with Crippen LogP contribution in [0.15, 0.2) is 53.9 Å². The van der Waals surface area contributed by atoms with E-state index in [9.17, 15) is 0 Å². The maximum absolute atomic E-state index is 5.51. The van der Waals surface area contributed by atoms with Gasteiger partial charge in [0.1, 0.15) is 10.8 Å². The van der Waals surface area contributed by atoms with Gasteiger partial charge in [-0.25, -0.2) is 4.98 Å². The highest BCUT2D eigenvalue weighted by Gasteiger charge is 2.20. The molecule has 1 saturated heterocycles. The summed E-state index contributed by atoms with van der Waals surface area (Å²) in [7, 11) is 1.74. The molecule has 1 aliphatic heterocycles. The smallest absolute Gasteiger partial charge is 0.142 e. The van der Waals surface area contributed by atoms with Gasteiger partial charge < -0.3 is 9.64 Å². The number of aryl methyl sites for hydroxylation is 1. The van der Waals surface area contributed by atoms with E-state index in [0.29, 0.717) is 0 Å². The third-order valence-corrected chi connectivity index (χ3v) is 6.04. The van der Waals surface area contributed by atoms with Gasteiger partial charge in [-0.05, 0) is 24.6 Å². The summed E-state index contributed by atoms with van der Waals surface area (Å²) in [6.07, 6.45) is 0. The summed E-state index contributed by atoms with van der Waals surface area (Å²) in [4.78, 5) is 9.78. The van der Waals surface area contributed by atoms with Crippen LogP contribution in [0, 0.1) is 6.92 Å². The third-order valence-electron chi connectivity index (χ3n) is 5.11. The van der Waals surface area contributed by atoms with Crippen molar-refractivity contribution < 1.29 is 4.74 Å². The van der Waals surface area contributed by atoms with Gasteiger partial charge in [0.05, 0.1) is 18.5 Å². The second-order valence-corrected chi connectivity index (χ2v) is 7.75. The molecule has 0 amide bonds. The van der Waals surface area contributed by atoms with E-state index in [4.69, 9.17) is 9.72 Å². The molecular formula is C22H25N3OS. The minimum absolute atomic E-state index is 0.919. The second kappa shape index (κ2) is 8.11. The first kappa shape index (κ1) is 18.0. The van der Waals surface area contributed by atoms with E-state index in [1.807, 2.05) is 12.1 Å². The van der Waals surface area contributed by atoms with Gasteiger partial charge in [0.15, 0.2) is 0 Å². The molecule has 2 heterocycles. The Kier molecular flexibility index (Phi) is 5.41. The first-order valence-corrected chi connectivity index (χ1v) is 10.2. The number of aromatic nitrogens is 1.